The molecular formula is C23H22N2O3. The van der Waals surface area contributed by atoms with E-state index in [-0.39, 0.29) is 0 Å². The highest BCUT2D eigenvalue weighted by atomic mass is 16.7. The monoisotopic (exact) mass is 374 g/mol. The fraction of sp³-hybridized carbons (Fsp3) is 0.174. The second-order valence-corrected chi connectivity index (χ2v) is 6.57. The van der Waals surface area contributed by atoms with Crippen LogP contribution in [-0.4, -0.2) is 23.9 Å². The number of nitrogens with zero attached hydrogens (tertiary/aromatic N) is 2. The molecule has 142 valence electrons. The molecule has 4 rings (SSSR count). The SMILES string of the molecule is COc1ccc(COn2c(-c3ccc(OC)cc3)nc3ccc(C)cc32)cc1. The Morgan fingerprint density at radius 2 is 1.46 bits per heavy atom. The minimum atomic E-state index is 0.423. The molecule has 0 N–H and O–H groups in total. The summed E-state index contributed by atoms with van der Waals surface area (Å²) in [6.07, 6.45) is 0. The summed E-state index contributed by atoms with van der Waals surface area (Å²) in [6, 6.07) is 21.8. The van der Waals surface area contributed by atoms with E-state index < -0.39 is 0 Å². The van der Waals surface area contributed by atoms with Crippen LogP contribution in [0.3, 0.4) is 0 Å². The van der Waals surface area contributed by atoms with Crippen molar-refractivity contribution in [3.05, 3.63) is 77.9 Å². The van der Waals surface area contributed by atoms with E-state index in [1.165, 1.54) is 0 Å². The minimum absolute atomic E-state index is 0.423. The van der Waals surface area contributed by atoms with Gasteiger partial charge in [0.2, 0.25) is 0 Å². The average Bonchev–Trinajstić information content (AvgIpc) is 3.10. The van der Waals surface area contributed by atoms with Crippen LogP contribution in [0, 0.1) is 6.92 Å². The maximum absolute atomic E-state index is 6.20. The molecule has 28 heavy (non-hydrogen) atoms. The highest BCUT2D eigenvalue weighted by Gasteiger charge is 2.14. The molecule has 3 aromatic carbocycles. The summed E-state index contributed by atoms with van der Waals surface area (Å²) in [5.74, 6) is 2.39. The van der Waals surface area contributed by atoms with Crippen molar-refractivity contribution in [1.82, 2.24) is 9.71 Å². The molecule has 0 saturated heterocycles. The van der Waals surface area contributed by atoms with Gasteiger partial charge < -0.3 is 14.3 Å². The Balaban J connectivity index is 1.72. The molecule has 0 radical (unpaired) electrons. The van der Waals surface area contributed by atoms with Gasteiger partial charge in [0.1, 0.15) is 23.6 Å². The van der Waals surface area contributed by atoms with Gasteiger partial charge in [-0.3, -0.25) is 0 Å². The van der Waals surface area contributed by atoms with Crippen LogP contribution >= 0.6 is 0 Å². The third kappa shape index (κ3) is 3.51. The summed E-state index contributed by atoms with van der Waals surface area (Å²) in [5, 5.41) is 0. The van der Waals surface area contributed by atoms with Gasteiger partial charge in [0, 0.05) is 5.56 Å². The van der Waals surface area contributed by atoms with Crippen LogP contribution in [0.5, 0.6) is 11.5 Å². The molecule has 5 heteroatoms. The number of rotatable bonds is 6. The average molecular weight is 374 g/mol. The first kappa shape index (κ1) is 17.9. The smallest absolute Gasteiger partial charge is 0.176 e. The lowest BCUT2D eigenvalue weighted by Gasteiger charge is -2.12. The van der Waals surface area contributed by atoms with Crippen LogP contribution in [-0.2, 0) is 6.61 Å². The van der Waals surface area contributed by atoms with Gasteiger partial charge in [-0.15, -0.1) is 0 Å². The lowest BCUT2D eigenvalue weighted by Crippen LogP contribution is -2.12. The van der Waals surface area contributed by atoms with Crippen LogP contribution in [0.1, 0.15) is 11.1 Å². The van der Waals surface area contributed by atoms with Crippen molar-refractivity contribution >= 4 is 11.0 Å². The number of methoxy groups -OCH3 is 2. The van der Waals surface area contributed by atoms with Crippen molar-refractivity contribution in [2.45, 2.75) is 13.5 Å². The van der Waals surface area contributed by atoms with Crippen LogP contribution in [0.4, 0.5) is 0 Å². The Hall–Kier alpha value is -3.47. The Labute approximate surface area is 164 Å². The summed E-state index contributed by atoms with van der Waals surface area (Å²) in [4.78, 5) is 11.0. The van der Waals surface area contributed by atoms with Crippen LogP contribution < -0.4 is 14.3 Å². The first-order valence-electron chi connectivity index (χ1n) is 9.07. The quantitative estimate of drug-likeness (QED) is 0.492. The fourth-order valence-corrected chi connectivity index (χ4v) is 3.08. The fourth-order valence-electron chi connectivity index (χ4n) is 3.08. The largest absolute Gasteiger partial charge is 0.497 e. The van der Waals surface area contributed by atoms with Gasteiger partial charge in [0.15, 0.2) is 5.82 Å². The predicted octanol–water partition coefficient (Wildman–Crippen LogP) is 4.66. The zero-order valence-electron chi connectivity index (χ0n) is 16.2. The lowest BCUT2D eigenvalue weighted by molar-refractivity contribution is 0.110. The van der Waals surface area contributed by atoms with E-state index in [1.54, 1.807) is 14.2 Å². The maximum Gasteiger partial charge on any atom is 0.176 e. The first-order valence-corrected chi connectivity index (χ1v) is 9.07. The van der Waals surface area contributed by atoms with Crippen molar-refractivity contribution in [3.63, 3.8) is 0 Å². The van der Waals surface area contributed by atoms with Crippen molar-refractivity contribution in [1.29, 1.82) is 0 Å². The van der Waals surface area contributed by atoms with E-state index in [9.17, 15) is 0 Å². The molecule has 4 aromatic rings. The Morgan fingerprint density at radius 1 is 0.821 bits per heavy atom. The summed E-state index contributed by atoms with van der Waals surface area (Å²) >= 11 is 0. The molecule has 5 nitrogen and oxygen atoms in total. The Kier molecular flexibility index (Phi) is 4.89. The number of benzene rings is 3. The topological polar surface area (TPSA) is 45.5 Å². The van der Waals surface area contributed by atoms with Gasteiger partial charge in [0.25, 0.3) is 0 Å². The number of hydrogen-bond acceptors (Lipinski definition) is 4. The van der Waals surface area contributed by atoms with Gasteiger partial charge in [0.05, 0.1) is 19.7 Å². The summed E-state index contributed by atoms with van der Waals surface area (Å²) < 4.78 is 12.3. The van der Waals surface area contributed by atoms with Crippen molar-refractivity contribution < 1.29 is 14.3 Å². The van der Waals surface area contributed by atoms with Gasteiger partial charge in [-0.2, -0.15) is 4.73 Å². The molecule has 1 aromatic heterocycles. The predicted molar refractivity (Wildman–Crippen MR) is 110 cm³/mol. The van der Waals surface area contributed by atoms with E-state index in [2.05, 4.69) is 19.1 Å². The molecule has 0 saturated carbocycles. The zero-order chi connectivity index (χ0) is 19.5. The maximum atomic E-state index is 6.20. The lowest BCUT2D eigenvalue weighted by atomic mass is 10.2. The van der Waals surface area contributed by atoms with E-state index in [0.29, 0.717) is 6.61 Å². The highest BCUT2D eigenvalue weighted by Crippen LogP contribution is 2.26. The number of fused-ring (bicyclic) bond motifs is 1. The number of hydrogen-bond donors (Lipinski definition) is 0. The standard InChI is InChI=1S/C23H22N2O3/c1-16-4-13-21-22(14-16)25(28-15-17-5-9-19(26-2)10-6-17)23(24-21)18-7-11-20(27-3)12-8-18/h4-14H,15H2,1-3H3. The van der Waals surface area contributed by atoms with Gasteiger partial charge in [-0.25, -0.2) is 4.98 Å². The molecule has 0 aliphatic carbocycles. The number of aryl methyl sites for hydroxylation is 1. The molecule has 1 heterocycles. The van der Waals surface area contributed by atoms with Gasteiger partial charge in [-0.1, -0.05) is 18.2 Å². The summed E-state index contributed by atoms with van der Waals surface area (Å²) in [6.45, 7) is 2.49. The van der Waals surface area contributed by atoms with Crippen molar-refractivity contribution in [2.24, 2.45) is 0 Å². The highest BCUT2D eigenvalue weighted by molar-refractivity contribution is 5.81. The Bertz CT molecular complexity index is 1080. The number of aromatic nitrogens is 2. The van der Waals surface area contributed by atoms with Crippen molar-refractivity contribution in [2.75, 3.05) is 14.2 Å². The Morgan fingerprint density at radius 3 is 2.11 bits per heavy atom. The van der Waals surface area contributed by atoms with E-state index in [1.807, 2.05) is 59.3 Å². The summed E-state index contributed by atoms with van der Waals surface area (Å²) in [7, 11) is 3.32. The summed E-state index contributed by atoms with van der Waals surface area (Å²) in [5.41, 5.74) is 5.01. The third-order valence-electron chi connectivity index (χ3n) is 4.64. The molecule has 0 aliphatic rings. The second-order valence-electron chi connectivity index (χ2n) is 6.57. The second kappa shape index (κ2) is 7.64. The number of ether oxygens (including phenoxy) is 2. The van der Waals surface area contributed by atoms with Crippen LogP contribution in [0.2, 0.25) is 0 Å². The van der Waals surface area contributed by atoms with E-state index in [0.717, 1.165) is 45.0 Å². The van der Waals surface area contributed by atoms with E-state index in [4.69, 9.17) is 19.3 Å². The number of imidazole rings is 1. The third-order valence-corrected chi connectivity index (χ3v) is 4.64. The van der Waals surface area contributed by atoms with Crippen LogP contribution in [0.15, 0.2) is 66.7 Å². The van der Waals surface area contributed by atoms with Crippen LogP contribution in [0.25, 0.3) is 22.4 Å². The minimum Gasteiger partial charge on any atom is -0.497 e. The molecule has 0 atom stereocenters. The molecule has 0 fully saturated rings. The molecule has 0 spiro atoms. The normalized spacial score (nSPS) is 10.8. The molecule has 0 aliphatic heterocycles. The molecule has 0 bridgehead atoms. The van der Waals surface area contributed by atoms with Crippen molar-refractivity contribution in [3.8, 4) is 22.9 Å². The molecule has 0 amide bonds. The molecule has 0 unspecified atom stereocenters. The van der Waals surface area contributed by atoms with Gasteiger partial charge >= 0.3 is 0 Å². The van der Waals surface area contributed by atoms with E-state index >= 15 is 0 Å². The molecular weight excluding hydrogens is 352 g/mol. The zero-order valence-corrected chi connectivity index (χ0v) is 16.2. The first-order chi connectivity index (χ1) is 13.7. The van der Waals surface area contributed by atoms with Gasteiger partial charge in [-0.05, 0) is 66.6 Å².